The highest BCUT2D eigenvalue weighted by molar-refractivity contribution is 6.34. The number of phenols is 1. The van der Waals surface area contributed by atoms with Crippen molar-refractivity contribution in [2.75, 3.05) is 23.7 Å². The molecule has 1 spiro atoms. The molecule has 1 amide bonds. The summed E-state index contributed by atoms with van der Waals surface area (Å²) in [7, 11) is 0. The molecular weight excluding hydrogens is 454 g/mol. The zero-order valence-electron chi connectivity index (χ0n) is 17.2. The van der Waals surface area contributed by atoms with Crippen molar-refractivity contribution in [3.8, 4) is 16.9 Å². The molecule has 4 N–H and O–H groups in total. The number of hydrogen-bond acceptors (Lipinski definition) is 6. The van der Waals surface area contributed by atoms with E-state index in [-0.39, 0.29) is 39.5 Å². The van der Waals surface area contributed by atoms with Crippen molar-refractivity contribution in [3.63, 3.8) is 0 Å². The van der Waals surface area contributed by atoms with E-state index in [9.17, 15) is 19.4 Å². The molecule has 3 aromatic rings. The molecule has 2 atom stereocenters. The Morgan fingerprint density at radius 1 is 1.33 bits per heavy atom. The van der Waals surface area contributed by atoms with Crippen LogP contribution in [0.4, 0.5) is 20.2 Å². The van der Waals surface area contributed by atoms with Crippen LogP contribution in [0.1, 0.15) is 6.42 Å². The highest BCUT2D eigenvalue weighted by Crippen LogP contribution is 2.45. The molecule has 2 aliphatic heterocycles. The van der Waals surface area contributed by atoms with Crippen LogP contribution in [0.5, 0.6) is 5.75 Å². The Morgan fingerprint density at radius 2 is 2.12 bits per heavy atom. The highest BCUT2D eigenvalue weighted by atomic mass is 35.5. The van der Waals surface area contributed by atoms with Crippen molar-refractivity contribution in [1.82, 2.24) is 9.88 Å². The van der Waals surface area contributed by atoms with Crippen molar-refractivity contribution in [2.45, 2.75) is 18.2 Å². The van der Waals surface area contributed by atoms with Crippen molar-refractivity contribution < 1.29 is 23.8 Å². The number of anilines is 2. The molecule has 0 aliphatic carbocycles. The number of carbonyl (C=O) groups excluding carboxylic acids is 1. The van der Waals surface area contributed by atoms with Crippen LogP contribution in [-0.2, 0) is 4.79 Å². The van der Waals surface area contributed by atoms with Gasteiger partial charge in [0.1, 0.15) is 28.9 Å². The summed E-state index contributed by atoms with van der Waals surface area (Å²) in [4.78, 5) is 18.7. The summed E-state index contributed by atoms with van der Waals surface area (Å²) in [6, 6.07) is 5.06. The van der Waals surface area contributed by atoms with Crippen molar-refractivity contribution in [2.24, 2.45) is 0 Å². The third-order valence-electron chi connectivity index (χ3n) is 6.23. The number of aromatic nitrogens is 1. The van der Waals surface area contributed by atoms with Gasteiger partial charge in [0.15, 0.2) is 5.82 Å². The summed E-state index contributed by atoms with van der Waals surface area (Å²) < 4.78 is 30.1. The van der Waals surface area contributed by atoms with Gasteiger partial charge in [0, 0.05) is 24.0 Å². The molecule has 0 saturated carbocycles. The number of pyridine rings is 1. The lowest BCUT2D eigenvalue weighted by molar-refractivity contribution is -0.120. The normalized spacial score (nSPS) is 21.0. The van der Waals surface area contributed by atoms with E-state index in [1.165, 1.54) is 30.5 Å². The van der Waals surface area contributed by atoms with E-state index in [2.05, 4.69) is 22.2 Å². The number of fused-ring (bicyclic) bond motifs is 3. The monoisotopic (exact) mass is 472 g/mol. The number of likely N-dealkylation sites (tertiary alicyclic amines) is 1. The maximum atomic E-state index is 15.6. The summed E-state index contributed by atoms with van der Waals surface area (Å²) in [5.41, 5.74) is -1.06. The number of nitrogens with one attached hydrogen (secondary N) is 2. The lowest BCUT2D eigenvalue weighted by Crippen LogP contribution is -2.55. The molecular formula is C23H19ClF2N4O3. The van der Waals surface area contributed by atoms with Crippen LogP contribution < -0.4 is 10.6 Å². The van der Waals surface area contributed by atoms with Gasteiger partial charge in [-0.15, -0.1) is 0 Å². The van der Waals surface area contributed by atoms with Gasteiger partial charge in [0.2, 0.25) is 0 Å². The fourth-order valence-corrected chi connectivity index (χ4v) is 4.81. The van der Waals surface area contributed by atoms with E-state index in [1.807, 2.05) is 0 Å². The number of phenolic OH excluding ortho intramolecular Hbond substituents is 1. The third-order valence-corrected chi connectivity index (χ3v) is 6.52. The second kappa shape index (κ2) is 7.65. The van der Waals surface area contributed by atoms with Gasteiger partial charge in [-0.25, -0.2) is 8.78 Å². The molecule has 2 aromatic carbocycles. The number of rotatable bonds is 3. The van der Waals surface area contributed by atoms with Gasteiger partial charge in [0.25, 0.3) is 5.91 Å². The van der Waals surface area contributed by atoms with E-state index in [1.54, 1.807) is 4.90 Å². The number of aliphatic hydroxyl groups is 1. The van der Waals surface area contributed by atoms with Crippen LogP contribution in [0, 0.1) is 11.6 Å². The van der Waals surface area contributed by atoms with Gasteiger partial charge in [-0.2, -0.15) is 0 Å². The first kappa shape index (κ1) is 21.6. The number of halogens is 3. The number of aliphatic hydroxyl groups excluding tert-OH is 1. The third kappa shape index (κ3) is 3.23. The minimum Gasteiger partial charge on any atom is -0.507 e. The number of nitrogens with zero attached hydrogens (tertiary/aromatic N) is 2. The summed E-state index contributed by atoms with van der Waals surface area (Å²) in [6.07, 6.45) is 2.17. The number of hydrogen-bond donors (Lipinski definition) is 4. The van der Waals surface area contributed by atoms with Crippen LogP contribution in [-0.4, -0.2) is 50.9 Å². The van der Waals surface area contributed by atoms with Gasteiger partial charge < -0.3 is 20.8 Å². The second-order valence-corrected chi connectivity index (χ2v) is 8.56. The van der Waals surface area contributed by atoms with Crippen LogP contribution >= 0.6 is 11.6 Å². The Labute approximate surface area is 192 Å². The first-order chi connectivity index (χ1) is 15.8. The average molecular weight is 473 g/mol. The summed E-state index contributed by atoms with van der Waals surface area (Å²) >= 11 is 6.38. The molecule has 1 aromatic heterocycles. The maximum Gasteiger partial charge on any atom is 0.251 e. The molecule has 0 bridgehead atoms. The minimum atomic E-state index is -1.06. The number of carbonyl (C=O) groups is 1. The maximum absolute atomic E-state index is 15.6. The van der Waals surface area contributed by atoms with E-state index in [0.29, 0.717) is 24.3 Å². The molecule has 2 unspecified atom stereocenters. The Kier molecular flexibility index (Phi) is 5.00. The molecule has 170 valence electrons. The SMILES string of the molecule is C=CC(O)N1CCC2(C1)Nc1c(cnc3c(F)c(-c4c(O)cccc4F)c(Cl)cc13)NC2=O. The zero-order chi connectivity index (χ0) is 23.5. The van der Waals surface area contributed by atoms with Crippen LogP contribution in [0.25, 0.3) is 22.0 Å². The molecule has 1 fully saturated rings. The first-order valence-corrected chi connectivity index (χ1v) is 10.6. The summed E-state index contributed by atoms with van der Waals surface area (Å²) in [5.74, 6) is -2.48. The highest BCUT2D eigenvalue weighted by Gasteiger charge is 2.48. The minimum absolute atomic E-state index is 0.101. The smallest absolute Gasteiger partial charge is 0.251 e. The fourth-order valence-electron chi connectivity index (χ4n) is 4.52. The van der Waals surface area contributed by atoms with E-state index < -0.39 is 29.2 Å². The van der Waals surface area contributed by atoms with Gasteiger partial charge in [-0.05, 0) is 30.7 Å². The predicted octanol–water partition coefficient (Wildman–Crippen LogP) is 3.85. The van der Waals surface area contributed by atoms with E-state index in [0.717, 1.165) is 6.07 Å². The number of benzene rings is 2. The fraction of sp³-hybridized carbons (Fsp3) is 0.217. The molecule has 7 nitrogen and oxygen atoms in total. The predicted molar refractivity (Wildman–Crippen MR) is 121 cm³/mol. The van der Waals surface area contributed by atoms with Crippen LogP contribution in [0.3, 0.4) is 0 Å². The number of aromatic hydroxyl groups is 1. The van der Waals surface area contributed by atoms with E-state index >= 15 is 4.39 Å². The van der Waals surface area contributed by atoms with Gasteiger partial charge >= 0.3 is 0 Å². The summed E-state index contributed by atoms with van der Waals surface area (Å²) in [6.45, 7) is 4.22. The quantitative estimate of drug-likeness (QED) is 0.432. The molecule has 2 aliphatic rings. The van der Waals surface area contributed by atoms with Gasteiger partial charge in [-0.3, -0.25) is 14.7 Å². The average Bonchev–Trinajstić information content (AvgIpc) is 3.21. The van der Waals surface area contributed by atoms with Gasteiger partial charge in [-0.1, -0.05) is 24.2 Å². The molecule has 10 heteroatoms. The topological polar surface area (TPSA) is 97.7 Å². The Morgan fingerprint density at radius 3 is 2.85 bits per heavy atom. The van der Waals surface area contributed by atoms with Crippen molar-refractivity contribution in [1.29, 1.82) is 0 Å². The molecule has 1 saturated heterocycles. The molecule has 0 radical (unpaired) electrons. The van der Waals surface area contributed by atoms with Crippen LogP contribution in [0.2, 0.25) is 5.02 Å². The van der Waals surface area contributed by atoms with Gasteiger partial charge in [0.05, 0.1) is 28.2 Å². The molecule has 33 heavy (non-hydrogen) atoms. The Hall–Kier alpha value is -3.27. The second-order valence-electron chi connectivity index (χ2n) is 8.16. The molecule has 3 heterocycles. The van der Waals surface area contributed by atoms with E-state index in [4.69, 9.17) is 11.6 Å². The van der Waals surface area contributed by atoms with Crippen molar-refractivity contribution >= 4 is 39.8 Å². The largest absolute Gasteiger partial charge is 0.507 e. The van der Waals surface area contributed by atoms with Crippen LogP contribution in [0.15, 0.2) is 43.1 Å². The lowest BCUT2D eigenvalue weighted by atomic mass is 9.92. The zero-order valence-corrected chi connectivity index (χ0v) is 18.0. The Balaban J connectivity index is 1.65. The standard InChI is InChI=1S/C23H19ClF2N4O3/c1-2-16(32)30-7-6-23(10-30)22(33)28-14-9-27-21-11(20(14)29-23)8-12(24)17(19(21)26)18-13(25)4-3-5-15(18)31/h2-5,8-9,16,29,31-32H,1,6-7,10H2,(H,28,33). The lowest BCUT2D eigenvalue weighted by Gasteiger charge is -2.36. The first-order valence-electron chi connectivity index (χ1n) is 10.2. The van der Waals surface area contributed by atoms with Crippen molar-refractivity contribution in [3.05, 3.63) is 59.8 Å². The number of amides is 1. The Bertz CT molecular complexity index is 1310. The molecule has 5 rings (SSSR count). The summed E-state index contributed by atoms with van der Waals surface area (Å²) in [5, 5.41) is 26.4.